The molecule has 110 valence electrons. The maximum atomic E-state index is 11.5. The predicted octanol–water partition coefficient (Wildman–Crippen LogP) is 3.26. The van der Waals surface area contributed by atoms with Crippen molar-refractivity contribution in [1.29, 1.82) is 0 Å². The van der Waals surface area contributed by atoms with Crippen LogP contribution in [0.1, 0.15) is 42.6 Å². The molecule has 0 unspecified atom stereocenters. The Balaban J connectivity index is 2.81. The fourth-order valence-electron chi connectivity index (χ4n) is 1.84. The molecule has 1 rings (SSSR count). The fraction of sp³-hybridized carbons (Fsp3) is 0.467. The second kappa shape index (κ2) is 7.85. The van der Waals surface area contributed by atoms with Gasteiger partial charge in [0, 0.05) is 11.7 Å². The zero-order chi connectivity index (χ0) is 15.1. The molecule has 0 bridgehead atoms. The van der Waals surface area contributed by atoms with Gasteiger partial charge in [-0.3, -0.25) is 0 Å². The lowest BCUT2D eigenvalue weighted by Gasteiger charge is -2.19. The molecule has 0 spiro atoms. The minimum Gasteiger partial charge on any atom is -0.465 e. The molecule has 0 saturated carbocycles. The van der Waals surface area contributed by atoms with Gasteiger partial charge in [-0.2, -0.15) is 0 Å². The maximum absolute atomic E-state index is 11.5. The molecule has 0 aliphatic heterocycles. The van der Waals surface area contributed by atoms with E-state index in [0.29, 0.717) is 16.7 Å². The number of nitrogens with one attached hydrogen (secondary N) is 2. The van der Waals surface area contributed by atoms with Gasteiger partial charge in [0.05, 0.1) is 12.7 Å². The number of benzene rings is 1. The number of methoxy groups -OCH3 is 1. The molecular formula is C15H22N2O2S. The second-order valence-corrected chi connectivity index (χ2v) is 5.04. The number of carbonyl (C=O) groups excluding carboxylic acids is 1. The molecule has 5 heteroatoms. The Hall–Kier alpha value is -1.62. The fourth-order valence-corrected chi connectivity index (χ4v) is 2.11. The number of hydrogen-bond donors (Lipinski definition) is 2. The Kier molecular flexibility index (Phi) is 6.45. The molecule has 1 aromatic carbocycles. The number of ether oxygens (including phenoxy) is 1. The molecule has 0 heterocycles. The van der Waals surface area contributed by atoms with Crippen molar-refractivity contribution >= 4 is 29.0 Å². The molecule has 0 saturated heterocycles. The van der Waals surface area contributed by atoms with E-state index in [-0.39, 0.29) is 5.97 Å². The topological polar surface area (TPSA) is 50.4 Å². The van der Waals surface area contributed by atoms with Gasteiger partial charge in [-0.15, -0.1) is 0 Å². The highest BCUT2D eigenvalue weighted by Crippen LogP contribution is 2.17. The summed E-state index contributed by atoms with van der Waals surface area (Å²) in [7, 11) is 1.37. The highest BCUT2D eigenvalue weighted by atomic mass is 32.1. The molecule has 20 heavy (non-hydrogen) atoms. The monoisotopic (exact) mass is 294 g/mol. The van der Waals surface area contributed by atoms with Crippen LogP contribution in [0.3, 0.4) is 0 Å². The van der Waals surface area contributed by atoms with Gasteiger partial charge < -0.3 is 15.4 Å². The highest BCUT2D eigenvalue weighted by molar-refractivity contribution is 7.80. The quantitative estimate of drug-likeness (QED) is 0.645. The molecular weight excluding hydrogens is 272 g/mol. The van der Waals surface area contributed by atoms with Gasteiger partial charge in [0.2, 0.25) is 0 Å². The first-order chi connectivity index (χ1) is 9.51. The van der Waals surface area contributed by atoms with Crippen molar-refractivity contribution < 1.29 is 9.53 Å². The number of anilines is 1. The lowest BCUT2D eigenvalue weighted by Crippen LogP contribution is -2.37. The van der Waals surface area contributed by atoms with Crippen molar-refractivity contribution in [2.75, 3.05) is 12.4 Å². The van der Waals surface area contributed by atoms with Gasteiger partial charge in [0.1, 0.15) is 0 Å². The van der Waals surface area contributed by atoms with Gasteiger partial charge >= 0.3 is 5.97 Å². The van der Waals surface area contributed by atoms with Gasteiger partial charge in [-0.1, -0.05) is 19.9 Å². The summed E-state index contributed by atoms with van der Waals surface area (Å²) in [6.07, 6.45) is 2.03. The Bertz CT molecular complexity index is 485. The van der Waals surface area contributed by atoms with Crippen molar-refractivity contribution in [2.24, 2.45) is 0 Å². The molecule has 0 fully saturated rings. The Labute approximate surface area is 125 Å². The van der Waals surface area contributed by atoms with E-state index in [1.807, 2.05) is 13.0 Å². The Morgan fingerprint density at radius 1 is 1.35 bits per heavy atom. The first-order valence-corrected chi connectivity index (χ1v) is 7.19. The summed E-state index contributed by atoms with van der Waals surface area (Å²) in [5, 5.41) is 6.97. The average Bonchev–Trinajstić information content (AvgIpc) is 2.46. The molecule has 0 aliphatic carbocycles. The van der Waals surface area contributed by atoms with E-state index in [1.165, 1.54) is 7.11 Å². The first kappa shape index (κ1) is 16.4. The molecule has 0 amide bonds. The summed E-state index contributed by atoms with van der Waals surface area (Å²) in [5.74, 6) is -0.355. The minimum atomic E-state index is -0.355. The molecule has 4 nitrogen and oxygen atoms in total. The van der Waals surface area contributed by atoms with E-state index in [1.54, 1.807) is 12.1 Å². The molecule has 0 aliphatic rings. The number of rotatable bonds is 5. The van der Waals surface area contributed by atoms with Gasteiger partial charge in [-0.25, -0.2) is 4.79 Å². The number of carbonyl (C=O) groups is 1. The van der Waals surface area contributed by atoms with E-state index in [2.05, 4.69) is 24.5 Å². The number of aryl methyl sites for hydroxylation is 1. The van der Waals surface area contributed by atoms with Crippen LogP contribution in [-0.4, -0.2) is 24.2 Å². The van der Waals surface area contributed by atoms with Crippen LogP contribution in [-0.2, 0) is 4.74 Å². The average molecular weight is 294 g/mol. The Morgan fingerprint density at radius 2 is 2.00 bits per heavy atom. The van der Waals surface area contributed by atoms with Crippen LogP contribution < -0.4 is 10.6 Å². The third kappa shape index (κ3) is 4.49. The summed E-state index contributed by atoms with van der Waals surface area (Å²) in [6.45, 7) is 6.20. The largest absolute Gasteiger partial charge is 0.465 e. The van der Waals surface area contributed by atoms with Crippen LogP contribution in [0.4, 0.5) is 5.69 Å². The second-order valence-electron chi connectivity index (χ2n) is 4.63. The van der Waals surface area contributed by atoms with Gasteiger partial charge in [0.15, 0.2) is 5.11 Å². The molecule has 0 radical (unpaired) electrons. The lowest BCUT2D eigenvalue weighted by molar-refractivity contribution is 0.0601. The number of thiocarbonyl (C=S) groups is 1. The van der Waals surface area contributed by atoms with Crippen LogP contribution in [0.5, 0.6) is 0 Å². The first-order valence-electron chi connectivity index (χ1n) is 6.78. The SMILES string of the molecule is CCC(CC)NC(=S)Nc1cc(C(=O)OC)ccc1C. The Morgan fingerprint density at radius 3 is 2.55 bits per heavy atom. The van der Waals surface area contributed by atoms with Crippen molar-refractivity contribution in [3.63, 3.8) is 0 Å². The van der Waals surface area contributed by atoms with Crippen molar-refractivity contribution in [2.45, 2.75) is 39.7 Å². The molecule has 2 N–H and O–H groups in total. The zero-order valence-corrected chi connectivity index (χ0v) is 13.3. The molecule has 0 atom stereocenters. The summed E-state index contributed by atoms with van der Waals surface area (Å²) in [6, 6.07) is 5.72. The number of esters is 1. The van der Waals surface area contributed by atoms with Crippen LogP contribution >= 0.6 is 12.2 Å². The van der Waals surface area contributed by atoms with Crippen LogP contribution in [0.25, 0.3) is 0 Å². The standard InChI is InChI=1S/C15H22N2O2S/c1-5-12(6-2)16-15(20)17-13-9-11(14(18)19-4)8-7-10(13)3/h7-9,12H,5-6H2,1-4H3,(H2,16,17,20). The normalized spacial score (nSPS) is 10.2. The van der Waals surface area contributed by atoms with E-state index >= 15 is 0 Å². The minimum absolute atomic E-state index is 0.355. The molecule has 0 aromatic heterocycles. The van der Waals surface area contributed by atoms with Gasteiger partial charge in [-0.05, 0) is 49.7 Å². The predicted molar refractivity (Wildman–Crippen MR) is 86.2 cm³/mol. The summed E-state index contributed by atoms with van der Waals surface area (Å²) in [5.41, 5.74) is 2.34. The van der Waals surface area contributed by atoms with Gasteiger partial charge in [0.25, 0.3) is 0 Å². The number of hydrogen-bond acceptors (Lipinski definition) is 3. The van der Waals surface area contributed by atoms with Crippen LogP contribution in [0, 0.1) is 6.92 Å². The van der Waals surface area contributed by atoms with E-state index in [4.69, 9.17) is 17.0 Å². The third-order valence-corrected chi connectivity index (χ3v) is 3.45. The van der Waals surface area contributed by atoms with Crippen molar-refractivity contribution in [3.05, 3.63) is 29.3 Å². The van der Waals surface area contributed by atoms with E-state index in [9.17, 15) is 4.79 Å². The van der Waals surface area contributed by atoms with Crippen LogP contribution in [0.2, 0.25) is 0 Å². The third-order valence-electron chi connectivity index (χ3n) is 3.23. The van der Waals surface area contributed by atoms with Crippen molar-refractivity contribution in [1.82, 2.24) is 5.32 Å². The maximum Gasteiger partial charge on any atom is 0.337 e. The molecule has 1 aromatic rings. The summed E-state index contributed by atoms with van der Waals surface area (Å²) in [4.78, 5) is 11.5. The van der Waals surface area contributed by atoms with E-state index in [0.717, 1.165) is 24.1 Å². The van der Waals surface area contributed by atoms with Crippen molar-refractivity contribution in [3.8, 4) is 0 Å². The van der Waals surface area contributed by atoms with E-state index < -0.39 is 0 Å². The summed E-state index contributed by atoms with van der Waals surface area (Å²) >= 11 is 5.30. The van der Waals surface area contributed by atoms with Crippen LogP contribution in [0.15, 0.2) is 18.2 Å². The zero-order valence-electron chi connectivity index (χ0n) is 12.4. The lowest BCUT2D eigenvalue weighted by atomic mass is 10.1. The smallest absolute Gasteiger partial charge is 0.337 e. The highest BCUT2D eigenvalue weighted by Gasteiger charge is 2.10. The summed E-state index contributed by atoms with van der Waals surface area (Å²) < 4.78 is 4.72.